The molecule has 0 amide bonds. The lowest BCUT2D eigenvalue weighted by Crippen LogP contribution is -2.34. The maximum absolute atomic E-state index is 15.1. The predicted molar refractivity (Wildman–Crippen MR) is 102 cm³/mol. The Bertz CT molecular complexity index is 740. The molecule has 0 aliphatic heterocycles. The third kappa shape index (κ3) is 5.27. The van der Waals surface area contributed by atoms with Crippen molar-refractivity contribution < 1.29 is 13.9 Å². The van der Waals surface area contributed by atoms with Crippen LogP contribution in [0.4, 0.5) is 4.39 Å². The van der Waals surface area contributed by atoms with Crippen LogP contribution in [0.3, 0.4) is 0 Å². The van der Waals surface area contributed by atoms with Gasteiger partial charge in [0.1, 0.15) is 11.5 Å². The Hall–Kier alpha value is -1.95. The molecule has 0 aliphatic carbocycles. The Morgan fingerprint density at radius 2 is 1.96 bits per heavy atom. The number of benzene rings is 2. The van der Waals surface area contributed by atoms with Crippen molar-refractivity contribution in [1.29, 1.82) is 0 Å². The summed E-state index contributed by atoms with van der Waals surface area (Å²) in [6.07, 6.45) is 0.945. The van der Waals surface area contributed by atoms with Gasteiger partial charge in [0.15, 0.2) is 11.6 Å². The summed E-state index contributed by atoms with van der Waals surface area (Å²) in [4.78, 5) is 11.5. The molecule has 6 heteroatoms. The Balaban J connectivity index is 2.24. The van der Waals surface area contributed by atoms with E-state index in [0.29, 0.717) is 24.2 Å². The Morgan fingerprint density at radius 3 is 2.58 bits per heavy atom. The first-order valence-electron chi connectivity index (χ1n) is 8.64. The maximum Gasteiger partial charge on any atom is 0.181 e. The summed E-state index contributed by atoms with van der Waals surface area (Å²) in [5.41, 5.74) is 5.81. The van der Waals surface area contributed by atoms with E-state index < -0.39 is 5.82 Å². The summed E-state index contributed by atoms with van der Waals surface area (Å²) in [7, 11) is 0. The fourth-order valence-corrected chi connectivity index (χ4v) is 2.96. The summed E-state index contributed by atoms with van der Waals surface area (Å²) in [5, 5.41) is 3.49. The van der Waals surface area contributed by atoms with E-state index in [1.54, 1.807) is 36.4 Å². The fraction of sp³-hybridized carbons (Fsp3) is 0.350. The molecule has 2 aromatic carbocycles. The first-order chi connectivity index (χ1) is 12.5. The van der Waals surface area contributed by atoms with Crippen molar-refractivity contribution in [3.63, 3.8) is 0 Å². The van der Waals surface area contributed by atoms with Crippen LogP contribution in [-0.4, -0.2) is 18.4 Å². The van der Waals surface area contributed by atoms with E-state index in [0.717, 1.165) is 0 Å². The highest BCUT2D eigenvalue weighted by Gasteiger charge is 2.22. The molecule has 140 valence electrons. The van der Waals surface area contributed by atoms with Gasteiger partial charge in [-0.2, -0.15) is 0 Å². The van der Waals surface area contributed by atoms with Crippen LogP contribution >= 0.6 is 11.6 Å². The van der Waals surface area contributed by atoms with E-state index in [-0.39, 0.29) is 35.2 Å². The van der Waals surface area contributed by atoms with E-state index in [4.69, 9.17) is 22.1 Å². The molecule has 0 saturated carbocycles. The molecule has 26 heavy (non-hydrogen) atoms. The third-order valence-electron chi connectivity index (χ3n) is 4.07. The third-order valence-corrected chi connectivity index (χ3v) is 4.37. The quantitative estimate of drug-likeness (QED) is 0.668. The fourth-order valence-electron chi connectivity index (χ4n) is 2.77. The van der Waals surface area contributed by atoms with E-state index in [2.05, 4.69) is 5.32 Å². The van der Waals surface area contributed by atoms with Crippen molar-refractivity contribution >= 4 is 17.4 Å². The molecule has 0 fully saturated rings. The van der Waals surface area contributed by atoms with Crippen molar-refractivity contribution in [2.75, 3.05) is 6.54 Å². The number of nitrogens with one attached hydrogen (secondary N) is 1. The van der Waals surface area contributed by atoms with Crippen LogP contribution < -0.4 is 15.8 Å². The number of rotatable bonds is 9. The number of para-hydroxylation sites is 1. The summed E-state index contributed by atoms with van der Waals surface area (Å²) in [6, 6.07) is 11.8. The molecular weight excluding hydrogens is 355 g/mol. The van der Waals surface area contributed by atoms with Crippen molar-refractivity contribution in [1.82, 2.24) is 5.32 Å². The van der Waals surface area contributed by atoms with Crippen molar-refractivity contribution in [3.05, 3.63) is 58.9 Å². The second-order valence-electron chi connectivity index (χ2n) is 6.17. The summed E-state index contributed by atoms with van der Waals surface area (Å²) >= 11 is 6.15. The Morgan fingerprint density at radius 1 is 1.27 bits per heavy atom. The lowest BCUT2D eigenvalue weighted by atomic mass is 10.0. The standard InChI is InChI=1S/C20H24ClFN2O2/c1-3-18(24-13(2)11-14(25)12-23)16-9-10-17(21)20(19(16)22)26-15-7-5-4-6-8-15/h4-10,13,18,24H,3,11-12,23H2,1-2H3/t13-,18+/m0/s1. The van der Waals surface area contributed by atoms with Crippen LogP contribution in [-0.2, 0) is 4.79 Å². The number of hydrogen-bond acceptors (Lipinski definition) is 4. The van der Waals surface area contributed by atoms with E-state index in [1.165, 1.54) is 0 Å². The smallest absolute Gasteiger partial charge is 0.181 e. The molecule has 0 saturated heterocycles. The summed E-state index contributed by atoms with van der Waals surface area (Å²) < 4.78 is 20.8. The van der Waals surface area contributed by atoms with Gasteiger partial charge in [-0.3, -0.25) is 4.79 Å². The lowest BCUT2D eigenvalue weighted by Gasteiger charge is -2.24. The molecule has 3 N–H and O–H groups in total. The average molecular weight is 379 g/mol. The number of hydrogen-bond donors (Lipinski definition) is 2. The molecule has 0 radical (unpaired) electrons. The zero-order chi connectivity index (χ0) is 19.1. The number of nitrogens with two attached hydrogens (primary N) is 1. The normalized spacial score (nSPS) is 13.3. The van der Waals surface area contributed by atoms with Crippen molar-refractivity contribution in [2.45, 2.75) is 38.8 Å². The van der Waals surface area contributed by atoms with Crippen molar-refractivity contribution in [2.24, 2.45) is 5.73 Å². The SMILES string of the molecule is CC[C@@H](N[C@@H](C)CC(=O)CN)c1ccc(Cl)c(Oc2ccccc2)c1F. The molecule has 0 spiro atoms. The predicted octanol–water partition coefficient (Wildman–Crippen LogP) is 4.62. The molecule has 2 aromatic rings. The Labute approximate surface area is 158 Å². The van der Waals surface area contributed by atoms with Crippen LogP contribution in [0.5, 0.6) is 11.5 Å². The van der Waals surface area contributed by atoms with Crippen LogP contribution in [0.25, 0.3) is 0 Å². The first-order valence-corrected chi connectivity index (χ1v) is 9.02. The van der Waals surface area contributed by atoms with Crippen LogP contribution in [0.1, 0.15) is 38.3 Å². The lowest BCUT2D eigenvalue weighted by molar-refractivity contribution is -0.118. The Kier molecular flexibility index (Phi) is 7.57. The van der Waals surface area contributed by atoms with E-state index >= 15 is 4.39 Å². The molecular formula is C20H24ClFN2O2. The maximum atomic E-state index is 15.1. The van der Waals surface area contributed by atoms with Gasteiger partial charge in [0, 0.05) is 24.1 Å². The molecule has 0 aliphatic rings. The number of Topliss-reactive ketones (excluding diaryl/α,β-unsaturated/α-hetero) is 1. The van der Waals surface area contributed by atoms with E-state index in [1.807, 2.05) is 19.9 Å². The zero-order valence-corrected chi connectivity index (χ0v) is 15.7. The van der Waals surface area contributed by atoms with Gasteiger partial charge in [0.05, 0.1) is 11.6 Å². The van der Waals surface area contributed by atoms with Gasteiger partial charge >= 0.3 is 0 Å². The molecule has 0 bridgehead atoms. The van der Waals surface area contributed by atoms with Gasteiger partial charge in [0.25, 0.3) is 0 Å². The highest BCUT2D eigenvalue weighted by atomic mass is 35.5. The van der Waals surface area contributed by atoms with Crippen LogP contribution in [0.2, 0.25) is 5.02 Å². The van der Waals surface area contributed by atoms with Gasteiger partial charge in [-0.1, -0.05) is 42.8 Å². The van der Waals surface area contributed by atoms with Gasteiger partial charge in [-0.15, -0.1) is 0 Å². The second kappa shape index (κ2) is 9.67. The van der Waals surface area contributed by atoms with Gasteiger partial charge in [-0.25, -0.2) is 4.39 Å². The van der Waals surface area contributed by atoms with Crippen LogP contribution in [0.15, 0.2) is 42.5 Å². The summed E-state index contributed by atoms with van der Waals surface area (Å²) in [5.74, 6) is -0.0303. The molecule has 0 unspecified atom stereocenters. The number of ether oxygens (including phenoxy) is 1. The summed E-state index contributed by atoms with van der Waals surface area (Å²) in [6.45, 7) is 3.83. The van der Waals surface area contributed by atoms with Crippen molar-refractivity contribution in [3.8, 4) is 11.5 Å². The largest absolute Gasteiger partial charge is 0.453 e. The minimum atomic E-state index is -0.502. The topological polar surface area (TPSA) is 64.4 Å². The molecule has 2 atom stereocenters. The van der Waals surface area contributed by atoms with Gasteiger partial charge in [-0.05, 0) is 31.5 Å². The van der Waals surface area contributed by atoms with Gasteiger partial charge in [0.2, 0.25) is 0 Å². The average Bonchev–Trinajstić information content (AvgIpc) is 2.64. The second-order valence-corrected chi connectivity index (χ2v) is 6.58. The van der Waals surface area contributed by atoms with Crippen LogP contribution in [0, 0.1) is 5.82 Å². The number of carbonyl (C=O) groups excluding carboxylic acids is 1. The van der Waals surface area contributed by atoms with E-state index in [9.17, 15) is 4.79 Å². The first kappa shape index (κ1) is 20.4. The highest BCUT2D eigenvalue weighted by molar-refractivity contribution is 6.32. The molecule has 2 rings (SSSR count). The molecule has 4 nitrogen and oxygen atoms in total. The minimum Gasteiger partial charge on any atom is -0.453 e. The molecule has 0 aromatic heterocycles. The number of carbonyl (C=O) groups is 1. The number of halogens is 2. The minimum absolute atomic E-state index is 0.00121. The monoisotopic (exact) mass is 378 g/mol. The number of ketones is 1. The highest BCUT2D eigenvalue weighted by Crippen LogP contribution is 2.36. The zero-order valence-electron chi connectivity index (χ0n) is 15.0. The molecule has 0 heterocycles. The van der Waals surface area contributed by atoms with Gasteiger partial charge < -0.3 is 15.8 Å².